The number of nitrogens with zero attached hydrogens (tertiary/aromatic N) is 1. The van der Waals surface area contributed by atoms with Gasteiger partial charge >= 0.3 is 11.9 Å². The zero-order valence-electron chi connectivity index (χ0n) is 36.6. The third kappa shape index (κ3) is 17.7. The summed E-state index contributed by atoms with van der Waals surface area (Å²) in [7, 11) is 0. The van der Waals surface area contributed by atoms with Crippen molar-refractivity contribution >= 4 is 59.6 Å². The Balaban J connectivity index is 2.26. The van der Waals surface area contributed by atoms with Crippen molar-refractivity contribution in [1.29, 1.82) is 0 Å². The topological polar surface area (TPSA) is 333 Å². The van der Waals surface area contributed by atoms with E-state index in [-0.39, 0.29) is 37.6 Å². The Kier molecular flexibility index (Phi) is 21.8. The number of nitrogens with one attached hydrogen (secondary N) is 6. The maximum atomic E-state index is 14.1. The second-order valence-corrected chi connectivity index (χ2v) is 16.8. The summed E-state index contributed by atoms with van der Waals surface area (Å²) in [6.45, 7) is 9.53. The van der Waals surface area contributed by atoms with Crippen LogP contribution in [-0.2, 0) is 54.4 Å². The van der Waals surface area contributed by atoms with Crippen molar-refractivity contribution < 1.29 is 63.3 Å². The number of aldehydes is 1. The van der Waals surface area contributed by atoms with Crippen molar-refractivity contribution in [3.63, 3.8) is 0 Å². The number of carbonyl (C=O) groups excluding carboxylic acids is 8. The minimum absolute atomic E-state index is 0.00690. The maximum Gasteiger partial charge on any atom is 0.305 e. The molecule has 0 saturated carbocycles. The highest BCUT2D eigenvalue weighted by Gasteiger charge is 2.41. The molecule has 7 amide bonds. The van der Waals surface area contributed by atoms with Crippen LogP contribution in [0.4, 0.5) is 0 Å². The predicted octanol–water partition coefficient (Wildman–Crippen LogP) is -1.66. The van der Waals surface area contributed by atoms with E-state index >= 15 is 0 Å². The number of aliphatic carboxylic acids is 2. The molecule has 0 aliphatic carbocycles. The Morgan fingerprint density at radius 1 is 0.698 bits per heavy atom. The van der Waals surface area contributed by atoms with Gasteiger partial charge in [-0.25, -0.2) is 0 Å². The summed E-state index contributed by atoms with van der Waals surface area (Å²) in [6.07, 6.45) is -0.217. The largest absolute Gasteiger partial charge is 0.481 e. The number of amides is 7. The second-order valence-electron chi connectivity index (χ2n) is 16.8. The van der Waals surface area contributed by atoms with E-state index in [1.807, 2.05) is 13.8 Å². The summed E-state index contributed by atoms with van der Waals surface area (Å²) in [5.74, 6) is -9.73. The molecule has 0 radical (unpaired) electrons. The van der Waals surface area contributed by atoms with Gasteiger partial charge in [0.05, 0.1) is 31.5 Å². The molecule has 1 fully saturated rings. The zero-order chi connectivity index (χ0) is 47.6. The molecule has 8 atom stereocenters. The van der Waals surface area contributed by atoms with E-state index in [4.69, 9.17) is 10.8 Å². The van der Waals surface area contributed by atoms with E-state index in [9.17, 15) is 58.2 Å². The first-order chi connectivity index (χ1) is 29.6. The second kappa shape index (κ2) is 25.8. The summed E-state index contributed by atoms with van der Waals surface area (Å²) < 4.78 is 0. The van der Waals surface area contributed by atoms with Crippen LogP contribution >= 0.6 is 0 Å². The number of rotatable bonds is 26. The monoisotopic (exact) mass is 888 g/mol. The van der Waals surface area contributed by atoms with Crippen molar-refractivity contribution in [3.8, 4) is 0 Å². The molecule has 21 nitrogen and oxygen atoms in total. The highest BCUT2D eigenvalue weighted by Crippen LogP contribution is 2.21. The summed E-state index contributed by atoms with van der Waals surface area (Å²) in [5, 5.41) is 43.7. The van der Waals surface area contributed by atoms with Crippen molar-refractivity contribution in [2.45, 2.75) is 135 Å². The van der Waals surface area contributed by atoms with Gasteiger partial charge in [-0.1, -0.05) is 71.9 Å². The molecular formula is C42H64N8O13. The summed E-state index contributed by atoms with van der Waals surface area (Å²) in [5.41, 5.74) is 6.33. The lowest BCUT2D eigenvalue weighted by molar-refractivity contribution is -0.144. The van der Waals surface area contributed by atoms with E-state index in [2.05, 4.69) is 31.9 Å². The average molecular weight is 889 g/mol. The standard InChI is InChI=1S/C42H64N8O13/c1-22(2)15-26(20-51)44-37(58)29(17-25-11-8-7-9-12-25)46-40(61)31(21-52)48-41(62)32-13-10-14-50(32)42(63)35(24(5)6)49-39(60)30(19-34(55)56)47-38(59)28(16-23(3)4)45-36(57)27(43)18-33(53)54/h7-9,11-12,20,22-24,26-32,35,52H,10,13-19,21,43H2,1-6H3,(H,44,58)(H,45,57)(H,46,61)(H,47,59)(H,48,62)(H,49,60)(H,53,54)(H,55,56)/t26-,27-,28-,29-,30-,31-,32-,35-/m0/s1. The lowest BCUT2D eigenvalue weighted by Gasteiger charge is -2.32. The van der Waals surface area contributed by atoms with Gasteiger partial charge in [-0.15, -0.1) is 0 Å². The van der Waals surface area contributed by atoms with Crippen molar-refractivity contribution in [1.82, 2.24) is 36.8 Å². The molecule has 1 saturated heterocycles. The molecule has 0 spiro atoms. The number of carboxylic acids is 2. The van der Waals surface area contributed by atoms with Crippen LogP contribution in [-0.4, -0.2) is 141 Å². The van der Waals surface area contributed by atoms with Crippen LogP contribution in [0.1, 0.15) is 85.6 Å². The number of benzene rings is 1. The molecular weight excluding hydrogens is 825 g/mol. The van der Waals surface area contributed by atoms with Gasteiger partial charge in [0.25, 0.3) is 0 Å². The first-order valence-electron chi connectivity index (χ1n) is 21.0. The molecule has 1 aliphatic rings. The predicted molar refractivity (Wildman–Crippen MR) is 226 cm³/mol. The van der Waals surface area contributed by atoms with E-state index in [0.717, 1.165) is 0 Å². The van der Waals surface area contributed by atoms with Gasteiger partial charge in [0, 0.05) is 13.0 Å². The lowest BCUT2D eigenvalue weighted by atomic mass is 10.00. The van der Waals surface area contributed by atoms with Crippen molar-refractivity contribution in [3.05, 3.63) is 35.9 Å². The fraction of sp³-hybridized carbons (Fsp3) is 0.619. The van der Waals surface area contributed by atoms with Crippen molar-refractivity contribution in [2.24, 2.45) is 23.5 Å². The van der Waals surface area contributed by atoms with Gasteiger partial charge in [0.2, 0.25) is 41.4 Å². The molecule has 1 aliphatic heterocycles. The van der Waals surface area contributed by atoms with Gasteiger partial charge in [-0.05, 0) is 49.0 Å². The first-order valence-corrected chi connectivity index (χ1v) is 21.0. The number of hydrogen-bond donors (Lipinski definition) is 10. The normalized spacial score (nSPS) is 17.0. The number of likely N-dealkylation sites (tertiary alicyclic amines) is 1. The molecule has 0 aromatic heterocycles. The van der Waals surface area contributed by atoms with Crippen LogP contribution < -0.4 is 37.6 Å². The van der Waals surface area contributed by atoms with E-state index < -0.39 is 127 Å². The highest BCUT2D eigenvalue weighted by atomic mass is 16.4. The molecule has 11 N–H and O–H groups in total. The van der Waals surface area contributed by atoms with Gasteiger partial charge in [-0.3, -0.25) is 43.2 Å². The van der Waals surface area contributed by atoms with Gasteiger partial charge in [-0.2, -0.15) is 0 Å². The van der Waals surface area contributed by atoms with Crippen LogP contribution in [0.3, 0.4) is 0 Å². The van der Waals surface area contributed by atoms with Gasteiger partial charge < -0.3 is 62.6 Å². The summed E-state index contributed by atoms with van der Waals surface area (Å²) in [4.78, 5) is 130. The highest BCUT2D eigenvalue weighted by molar-refractivity contribution is 5.98. The Morgan fingerprint density at radius 3 is 1.78 bits per heavy atom. The van der Waals surface area contributed by atoms with Gasteiger partial charge in [0.1, 0.15) is 42.5 Å². The van der Waals surface area contributed by atoms with Crippen LogP contribution in [0.2, 0.25) is 0 Å². The summed E-state index contributed by atoms with van der Waals surface area (Å²) in [6, 6.07) is -2.00. The van der Waals surface area contributed by atoms with E-state index in [1.54, 1.807) is 58.0 Å². The Morgan fingerprint density at radius 2 is 1.24 bits per heavy atom. The smallest absolute Gasteiger partial charge is 0.305 e. The van der Waals surface area contributed by atoms with E-state index in [1.165, 1.54) is 4.90 Å². The Labute approximate surface area is 366 Å². The Hall–Kier alpha value is -5.96. The summed E-state index contributed by atoms with van der Waals surface area (Å²) >= 11 is 0. The minimum atomic E-state index is -1.75. The number of carbonyl (C=O) groups is 10. The third-order valence-electron chi connectivity index (χ3n) is 10.1. The fourth-order valence-corrected chi connectivity index (χ4v) is 6.90. The SMILES string of the molecule is CC(C)C[C@@H](C=O)NC(=O)[C@H](Cc1ccccc1)NC(=O)[C@H](CO)NC(=O)[C@@H]1CCCN1C(=O)[C@@H](NC(=O)[C@H](CC(=O)O)NC(=O)[C@H](CC(C)C)NC(=O)[C@@H](N)CC(=O)O)C(C)C. The molecule has 0 unspecified atom stereocenters. The molecule has 350 valence electrons. The van der Waals surface area contributed by atoms with Crippen LogP contribution in [0.5, 0.6) is 0 Å². The molecule has 2 rings (SSSR count). The quantitative estimate of drug-likeness (QED) is 0.0466. The van der Waals surface area contributed by atoms with Crippen LogP contribution in [0.25, 0.3) is 0 Å². The van der Waals surface area contributed by atoms with Crippen LogP contribution in [0, 0.1) is 17.8 Å². The number of hydrogen-bond acceptors (Lipinski definition) is 12. The lowest BCUT2D eigenvalue weighted by Crippen LogP contribution is -2.61. The molecule has 0 bridgehead atoms. The molecule has 21 heteroatoms. The maximum absolute atomic E-state index is 14.1. The molecule has 63 heavy (non-hydrogen) atoms. The number of nitrogens with two attached hydrogens (primary N) is 1. The van der Waals surface area contributed by atoms with Gasteiger partial charge in [0.15, 0.2) is 0 Å². The Bertz CT molecular complexity index is 1780. The molecule has 1 aromatic carbocycles. The van der Waals surface area contributed by atoms with Crippen LogP contribution in [0.15, 0.2) is 30.3 Å². The third-order valence-corrected chi connectivity index (χ3v) is 10.1. The first kappa shape index (κ1) is 53.2. The zero-order valence-corrected chi connectivity index (χ0v) is 36.6. The number of carboxylic acid groups (broad SMARTS) is 2. The minimum Gasteiger partial charge on any atom is -0.481 e. The number of aliphatic hydroxyl groups excluding tert-OH is 1. The van der Waals surface area contributed by atoms with E-state index in [0.29, 0.717) is 24.7 Å². The fourth-order valence-electron chi connectivity index (χ4n) is 6.90. The average Bonchev–Trinajstić information content (AvgIpc) is 3.70. The van der Waals surface area contributed by atoms with Crippen molar-refractivity contribution in [2.75, 3.05) is 13.2 Å². The molecule has 1 heterocycles. The molecule has 1 aromatic rings. The number of aliphatic hydroxyl groups is 1.